The Hall–Kier alpha value is -1.06. The zero-order chi connectivity index (χ0) is 13.2. The van der Waals surface area contributed by atoms with Gasteiger partial charge in [0.25, 0.3) is 0 Å². The molecule has 1 aliphatic carbocycles. The lowest BCUT2D eigenvalue weighted by Gasteiger charge is -2.42. The van der Waals surface area contributed by atoms with Gasteiger partial charge in [-0.05, 0) is 32.1 Å². The van der Waals surface area contributed by atoms with Gasteiger partial charge in [0.1, 0.15) is 0 Å². The third-order valence-corrected chi connectivity index (χ3v) is 4.53. The van der Waals surface area contributed by atoms with Gasteiger partial charge in [-0.25, -0.2) is 0 Å². The fourth-order valence-corrected chi connectivity index (χ4v) is 3.20. The van der Waals surface area contributed by atoms with Gasteiger partial charge in [-0.1, -0.05) is 19.8 Å². The van der Waals surface area contributed by atoms with Gasteiger partial charge >= 0.3 is 5.97 Å². The van der Waals surface area contributed by atoms with Crippen LogP contribution < -0.4 is 0 Å². The molecule has 102 valence electrons. The number of hydrogen-bond acceptors (Lipinski definition) is 2. The van der Waals surface area contributed by atoms with Crippen molar-refractivity contribution >= 4 is 11.9 Å². The first-order chi connectivity index (χ1) is 8.59. The van der Waals surface area contributed by atoms with Gasteiger partial charge in [-0.15, -0.1) is 0 Å². The van der Waals surface area contributed by atoms with Gasteiger partial charge < -0.3 is 10.0 Å². The van der Waals surface area contributed by atoms with Crippen LogP contribution >= 0.6 is 0 Å². The van der Waals surface area contributed by atoms with Crippen molar-refractivity contribution in [1.82, 2.24) is 4.90 Å². The minimum absolute atomic E-state index is 0.177. The molecule has 0 spiro atoms. The average Bonchev–Trinajstić information content (AvgIpc) is 2.27. The van der Waals surface area contributed by atoms with Crippen LogP contribution in [-0.2, 0) is 9.59 Å². The lowest BCUT2D eigenvalue weighted by molar-refractivity contribution is -0.157. The van der Waals surface area contributed by atoms with E-state index in [2.05, 4.69) is 0 Å². The van der Waals surface area contributed by atoms with Crippen molar-refractivity contribution in [2.75, 3.05) is 13.1 Å². The van der Waals surface area contributed by atoms with Gasteiger partial charge in [0.2, 0.25) is 5.91 Å². The lowest BCUT2D eigenvalue weighted by atomic mass is 9.75. The van der Waals surface area contributed by atoms with E-state index in [1.54, 1.807) is 0 Å². The van der Waals surface area contributed by atoms with Crippen LogP contribution in [0.4, 0.5) is 0 Å². The van der Waals surface area contributed by atoms with Crippen molar-refractivity contribution in [1.29, 1.82) is 0 Å². The number of rotatable bonds is 4. The first kappa shape index (κ1) is 13.4. The molecule has 2 aliphatic rings. The standard InChI is InChI=1S/C14H23NO3/c1-2-7-14(13(17)18)8-4-9-15(10-14)12(16)11-5-3-6-11/h11H,2-10H2,1H3,(H,17,18). The Morgan fingerprint density at radius 3 is 2.56 bits per heavy atom. The molecule has 1 heterocycles. The van der Waals surface area contributed by atoms with Crippen LogP contribution in [0.5, 0.6) is 0 Å². The molecule has 1 atom stereocenters. The number of piperidine rings is 1. The third-order valence-electron chi connectivity index (χ3n) is 4.53. The number of amides is 1. The molecule has 1 unspecified atom stereocenters. The molecule has 0 radical (unpaired) electrons. The van der Waals surface area contributed by atoms with E-state index in [1.165, 1.54) is 0 Å². The maximum Gasteiger partial charge on any atom is 0.311 e. The number of aliphatic carboxylic acids is 1. The summed E-state index contributed by atoms with van der Waals surface area (Å²) in [6.07, 6.45) is 6.19. The largest absolute Gasteiger partial charge is 0.481 e. The lowest BCUT2D eigenvalue weighted by Crippen LogP contribution is -2.52. The van der Waals surface area contributed by atoms with Gasteiger partial charge in [0, 0.05) is 19.0 Å². The molecule has 0 aromatic heterocycles. The number of carbonyl (C=O) groups is 2. The van der Waals surface area contributed by atoms with Crippen LogP contribution in [0.1, 0.15) is 51.9 Å². The topological polar surface area (TPSA) is 57.6 Å². The SMILES string of the molecule is CCCC1(C(=O)O)CCCN(C(=O)C2CCC2)C1. The molecule has 0 bridgehead atoms. The van der Waals surface area contributed by atoms with Crippen LogP contribution in [0.2, 0.25) is 0 Å². The fraction of sp³-hybridized carbons (Fsp3) is 0.857. The highest BCUT2D eigenvalue weighted by atomic mass is 16.4. The minimum atomic E-state index is -0.726. The summed E-state index contributed by atoms with van der Waals surface area (Å²) in [6, 6.07) is 0. The van der Waals surface area contributed by atoms with Gasteiger partial charge in [0.15, 0.2) is 0 Å². The second kappa shape index (κ2) is 5.29. The molecular weight excluding hydrogens is 230 g/mol. The smallest absolute Gasteiger partial charge is 0.311 e. The first-order valence-electron chi connectivity index (χ1n) is 7.11. The fourth-order valence-electron chi connectivity index (χ4n) is 3.20. The second-order valence-electron chi connectivity index (χ2n) is 5.83. The molecule has 0 aromatic rings. The molecule has 18 heavy (non-hydrogen) atoms. The van der Waals surface area contributed by atoms with Gasteiger partial charge in [-0.2, -0.15) is 0 Å². The van der Waals surface area contributed by atoms with Crippen molar-refractivity contribution in [3.63, 3.8) is 0 Å². The Morgan fingerprint density at radius 2 is 2.06 bits per heavy atom. The minimum Gasteiger partial charge on any atom is -0.481 e. The molecule has 0 aromatic carbocycles. The van der Waals surface area contributed by atoms with E-state index >= 15 is 0 Å². The summed E-state index contributed by atoms with van der Waals surface area (Å²) in [4.78, 5) is 25.6. The highest BCUT2D eigenvalue weighted by Crippen LogP contribution is 2.37. The van der Waals surface area contributed by atoms with Crippen LogP contribution in [-0.4, -0.2) is 35.0 Å². The molecule has 1 N–H and O–H groups in total. The number of carboxylic acid groups (broad SMARTS) is 1. The summed E-state index contributed by atoms with van der Waals surface area (Å²) in [7, 11) is 0. The highest BCUT2D eigenvalue weighted by molar-refractivity contribution is 5.81. The quantitative estimate of drug-likeness (QED) is 0.836. The van der Waals surface area contributed by atoms with Crippen molar-refractivity contribution < 1.29 is 14.7 Å². The van der Waals surface area contributed by atoms with E-state index < -0.39 is 11.4 Å². The van der Waals surface area contributed by atoms with E-state index in [0.29, 0.717) is 19.4 Å². The molecular formula is C14H23NO3. The number of carboxylic acids is 1. The maximum atomic E-state index is 12.2. The van der Waals surface area contributed by atoms with Crippen LogP contribution in [0, 0.1) is 11.3 Å². The normalized spacial score (nSPS) is 28.8. The van der Waals surface area contributed by atoms with E-state index in [-0.39, 0.29) is 11.8 Å². The Morgan fingerprint density at radius 1 is 1.33 bits per heavy atom. The number of likely N-dealkylation sites (tertiary alicyclic amines) is 1. The summed E-state index contributed by atoms with van der Waals surface area (Å²) < 4.78 is 0. The maximum absolute atomic E-state index is 12.2. The van der Waals surface area contributed by atoms with Crippen molar-refractivity contribution in [3.8, 4) is 0 Å². The summed E-state index contributed by atoms with van der Waals surface area (Å²) in [5.41, 5.74) is -0.688. The third kappa shape index (κ3) is 2.38. The van der Waals surface area contributed by atoms with Crippen molar-refractivity contribution in [2.24, 2.45) is 11.3 Å². The van der Waals surface area contributed by atoms with Crippen LogP contribution in [0.25, 0.3) is 0 Å². The summed E-state index contributed by atoms with van der Waals surface area (Å²) in [6.45, 7) is 3.18. The zero-order valence-corrected chi connectivity index (χ0v) is 11.2. The summed E-state index contributed by atoms with van der Waals surface area (Å²) in [5, 5.41) is 9.49. The molecule has 1 saturated heterocycles. The predicted molar refractivity (Wildman–Crippen MR) is 68.1 cm³/mol. The van der Waals surface area contributed by atoms with E-state index in [0.717, 1.165) is 38.6 Å². The first-order valence-corrected chi connectivity index (χ1v) is 7.11. The molecule has 1 aliphatic heterocycles. The molecule has 2 rings (SSSR count). The average molecular weight is 253 g/mol. The molecule has 1 saturated carbocycles. The Balaban J connectivity index is 2.05. The van der Waals surface area contributed by atoms with Crippen molar-refractivity contribution in [3.05, 3.63) is 0 Å². The predicted octanol–water partition coefficient (Wildman–Crippen LogP) is 2.28. The molecule has 4 heteroatoms. The highest BCUT2D eigenvalue weighted by Gasteiger charge is 2.44. The molecule has 2 fully saturated rings. The molecule has 4 nitrogen and oxygen atoms in total. The summed E-state index contributed by atoms with van der Waals surface area (Å²) in [5.74, 6) is -0.352. The van der Waals surface area contributed by atoms with Crippen LogP contribution in [0.15, 0.2) is 0 Å². The number of nitrogens with zero attached hydrogens (tertiary/aromatic N) is 1. The van der Waals surface area contributed by atoms with E-state index in [1.807, 2.05) is 11.8 Å². The molecule has 1 amide bonds. The Bertz CT molecular complexity index is 334. The summed E-state index contributed by atoms with van der Waals surface area (Å²) >= 11 is 0. The number of carbonyl (C=O) groups excluding carboxylic acids is 1. The Labute approximate surface area is 108 Å². The zero-order valence-electron chi connectivity index (χ0n) is 11.2. The van der Waals surface area contributed by atoms with Crippen LogP contribution in [0.3, 0.4) is 0 Å². The Kier molecular flexibility index (Phi) is 3.93. The number of hydrogen-bond donors (Lipinski definition) is 1. The van der Waals surface area contributed by atoms with Crippen molar-refractivity contribution in [2.45, 2.75) is 51.9 Å². The van der Waals surface area contributed by atoms with Gasteiger partial charge in [-0.3, -0.25) is 9.59 Å². The monoisotopic (exact) mass is 253 g/mol. The second-order valence-corrected chi connectivity index (χ2v) is 5.83. The van der Waals surface area contributed by atoms with E-state index in [9.17, 15) is 14.7 Å². The van der Waals surface area contributed by atoms with Gasteiger partial charge in [0.05, 0.1) is 5.41 Å². The van der Waals surface area contributed by atoms with E-state index in [4.69, 9.17) is 0 Å².